The molecule has 4 heteroatoms. The van der Waals surface area contributed by atoms with Gasteiger partial charge in [-0.15, -0.1) is 0 Å². The van der Waals surface area contributed by atoms with Gasteiger partial charge in [-0.2, -0.15) is 4.98 Å². The lowest BCUT2D eigenvalue weighted by molar-refractivity contribution is 0.568. The molecule has 0 saturated carbocycles. The Kier molecular flexibility index (Phi) is 4.56. The van der Waals surface area contributed by atoms with Gasteiger partial charge in [-0.25, -0.2) is 4.98 Å². The van der Waals surface area contributed by atoms with Crippen molar-refractivity contribution in [2.75, 3.05) is 29.4 Å². The zero-order chi connectivity index (χ0) is 15.4. The molecular formula is C18H24N4. The van der Waals surface area contributed by atoms with Crippen LogP contribution in [0.1, 0.15) is 31.7 Å². The number of rotatable bonds is 4. The van der Waals surface area contributed by atoms with Crippen LogP contribution in [0.15, 0.2) is 36.5 Å². The molecule has 0 aliphatic carbocycles. The van der Waals surface area contributed by atoms with Crippen LogP contribution >= 0.6 is 0 Å². The van der Waals surface area contributed by atoms with Gasteiger partial charge in [-0.3, -0.25) is 0 Å². The first-order chi connectivity index (χ1) is 10.8. The van der Waals surface area contributed by atoms with E-state index in [4.69, 9.17) is 4.98 Å². The van der Waals surface area contributed by atoms with Crippen LogP contribution in [0, 0.1) is 6.92 Å². The molecule has 0 spiro atoms. The minimum Gasteiger partial charge on any atom is -0.341 e. The zero-order valence-electron chi connectivity index (χ0n) is 13.5. The summed E-state index contributed by atoms with van der Waals surface area (Å²) in [6, 6.07) is 10.6. The van der Waals surface area contributed by atoms with Crippen molar-refractivity contribution in [1.29, 1.82) is 0 Å². The fraction of sp³-hybridized carbons (Fsp3) is 0.444. The summed E-state index contributed by atoms with van der Waals surface area (Å²) in [4.78, 5) is 13.8. The Labute approximate surface area is 132 Å². The summed E-state index contributed by atoms with van der Waals surface area (Å²) < 4.78 is 0. The maximum Gasteiger partial charge on any atom is 0.227 e. The average molecular weight is 296 g/mol. The number of aryl methyl sites for hydroxylation is 1. The van der Waals surface area contributed by atoms with Gasteiger partial charge in [-0.05, 0) is 56.9 Å². The van der Waals surface area contributed by atoms with Crippen LogP contribution in [0.25, 0.3) is 0 Å². The van der Waals surface area contributed by atoms with E-state index in [-0.39, 0.29) is 0 Å². The monoisotopic (exact) mass is 296 g/mol. The Morgan fingerprint density at radius 3 is 2.68 bits per heavy atom. The molecule has 1 aromatic heterocycles. The summed E-state index contributed by atoms with van der Waals surface area (Å²) >= 11 is 0. The van der Waals surface area contributed by atoms with E-state index in [9.17, 15) is 0 Å². The molecule has 0 atom stereocenters. The fourth-order valence-corrected chi connectivity index (χ4v) is 3.01. The third kappa shape index (κ3) is 3.21. The lowest BCUT2D eigenvalue weighted by Crippen LogP contribution is -2.31. The smallest absolute Gasteiger partial charge is 0.227 e. The lowest BCUT2D eigenvalue weighted by Gasteiger charge is -2.28. The predicted molar refractivity (Wildman–Crippen MR) is 92.0 cm³/mol. The number of piperidine rings is 1. The summed E-state index contributed by atoms with van der Waals surface area (Å²) in [6.45, 7) is 7.31. The van der Waals surface area contributed by atoms with Gasteiger partial charge < -0.3 is 9.80 Å². The number of benzene rings is 1. The van der Waals surface area contributed by atoms with Gasteiger partial charge in [-0.1, -0.05) is 12.1 Å². The molecule has 116 valence electrons. The second-order valence-electron chi connectivity index (χ2n) is 5.85. The normalized spacial score (nSPS) is 14.9. The third-order valence-corrected chi connectivity index (χ3v) is 4.17. The quantitative estimate of drug-likeness (QED) is 0.855. The molecule has 0 N–H and O–H groups in total. The standard InChI is InChI=1S/C18H24N4/c1-3-22(16-9-7-8-15(2)14-16)17-10-11-19-18(20-17)21-12-5-4-6-13-21/h7-11,14H,3-6,12-13H2,1-2H3. The van der Waals surface area contributed by atoms with Crippen LogP contribution in [-0.2, 0) is 0 Å². The number of aromatic nitrogens is 2. The van der Waals surface area contributed by atoms with Gasteiger partial charge in [0, 0.05) is 31.5 Å². The van der Waals surface area contributed by atoms with Crippen molar-refractivity contribution < 1.29 is 0 Å². The van der Waals surface area contributed by atoms with Gasteiger partial charge in [0.25, 0.3) is 0 Å². The van der Waals surface area contributed by atoms with E-state index in [1.807, 2.05) is 12.3 Å². The highest BCUT2D eigenvalue weighted by Crippen LogP contribution is 2.25. The van der Waals surface area contributed by atoms with Gasteiger partial charge in [0.15, 0.2) is 0 Å². The molecule has 0 unspecified atom stereocenters. The number of nitrogens with zero attached hydrogens (tertiary/aromatic N) is 4. The molecule has 22 heavy (non-hydrogen) atoms. The van der Waals surface area contributed by atoms with Crippen molar-refractivity contribution in [2.45, 2.75) is 33.1 Å². The Bertz CT molecular complexity index is 620. The first-order valence-corrected chi connectivity index (χ1v) is 8.20. The van der Waals surface area contributed by atoms with Crippen LogP contribution in [0.3, 0.4) is 0 Å². The Morgan fingerprint density at radius 1 is 1.14 bits per heavy atom. The summed E-state index contributed by atoms with van der Waals surface area (Å²) in [6.07, 6.45) is 5.68. The minimum atomic E-state index is 0.864. The van der Waals surface area contributed by atoms with Crippen LogP contribution in [-0.4, -0.2) is 29.6 Å². The van der Waals surface area contributed by atoms with Crippen molar-refractivity contribution >= 4 is 17.5 Å². The van der Waals surface area contributed by atoms with E-state index < -0.39 is 0 Å². The molecule has 2 aromatic rings. The lowest BCUT2D eigenvalue weighted by atomic mass is 10.1. The summed E-state index contributed by atoms with van der Waals surface area (Å²) in [5.74, 6) is 1.84. The van der Waals surface area contributed by atoms with Crippen molar-refractivity contribution in [1.82, 2.24) is 9.97 Å². The Balaban J connectivity index is 1.89. The Hall–Kier alpha value is -2.10. The molecule has 1 aliphatic rings. The molecule has 0 amide bonds. The first kappa shape index (κ1) is 14.8. The van der Waals surface area contributed by atoms with E-state index in [0.717, 1.165) is 31.4 Å². The van der Waals surface area contributed by atoms with Gasteiger partial charge >= 0.3 is 0 Å². The second-order valence-corrected chi connectivity index (χ2v) is 5.85. The maximum absolute atomic E-state index is 4.81. The summed E-state index contributed by atoms with van der Waals surface area (Å²) in [7, 11) is 0. The molecule has 3 rings (SSSR count). The van der Waals surface area contributed by atoms with Crippen LogP contribution in [0.5, 0.6) is 0 Å². The summed E-state index contributed by atoms with van der Waals surface area (Å²) in [5, 5.41) is 0. The summed E-state index contributed by atoms with van der Waals surface area (Å²) in [5.41, 5.74) is 2.45. The average Bonchev–Trinajstić information content (AvgIpc) is 2.57. The molecule has 0 bridgehead atoms. The third-order valence-electron chi connectivity index (χ3n) is 4.17. The number of hydrogen-bond donors (Lipinski definition) is 0. The Morgan fingerprint density at radius 2 is 1.95 bits per heavy atom. The molecular weight excluding hydrogens is 272 g/mol. The van der Waals surface area contributed by atoms with E-state index in [0.29, 0.717) is 0 Å². The maximum atomic E-state index is 4.81. The molecule has 0 radical (unpaired) electrons. The predicted octanol–water partition coefficient (Wildman–Crippen LogP) is 3.93. The molecule has 1 saturated heterocycles. The number of hydrogen-bond acceptors (Lipinski definition) is 4. The minimum absolute atomic E-state index is 0.864. The highest BCUT2D eigenvalue weighted by Gasteiger charge is 2.16. The van der Waals surface area contributed by atoms with E-state index in [1.165, 1.54) is 30.5 Å². The SMILES string of the molecule is CCN(c1cccc(C)c1)c1ccnc(N2CCCCC2)n1. The van der Waals surface area contributed by atoms with Crippen LogP contribution < -0.4 is 9.80 Å². The molecule has 2 heterocycles. The van der Waals surface area contributed by atoms with Gasteiger partial charge in [0.05, 0.1) is 0 Å². The van der Waals surface area contributed by atoms with Gasteiger partial charge in [0.1, 0.15) is 5.82 Å². The van der Waals surface area contributed by atoms with Crippen LogP contribution in [0.2, 0.25) is 0 Å². The van der Waals surface area contributed by atoms with Crippen molar-refractivity contribution in [3.63, 3.8) is 0 Å². The highest BCUT2D eigenvalue weighted by molar-refractivity contribution is 5.61. The van der Waals surface area contributed by atoms with Crippen molar-refractivity contribution in [3.8, 4) is 0 Å². The van der Waals surface area contributed by atoms with E-state index >= 15 is 0 Å². The van der Waals surface area contributed by atoms with Crippen molar-refractivity contribution in [2.24, 2.45) is 0 Å². The van der Waals surface area contributed by atoms with E-state index in [1.54, 1.807) is 0 Å². The largest absolute Gasteiger partial charge is 0.341 e. The first-order valence-electron chi connectivity index (χ1n) is 8.20. The molecule has 1 aromatic carbocycles. The fourth-order valence-electron chi connectivity index (χ4n) is 3.01. The van der Waals surface area contributed by atoms with Crippen LogP contribution in [0.4, 0.5) is 17.5 Å². The molecule has 1 fully saturated rings. The molecule has 1 aliphatic heterocycles. The van der Waals surface area contributed by atoms with E-state index in [2.05, 4.69) is 52.9 Å². The molecule has 4 nitrogen and oxygen atoms in total. The number of anilines is 3. The zero-order valence-corrected chi connectivity index (χ0v) is 13.5. The second kappa shape index (κ2) is 6.77. The van der Waals surface area contributed by atoms with Crippen molar-refractivity contribution in [3.05, 3.63) is 42.1 Å². The highest BCUT2D eigenvalue weighted by atomic mass is 15.3. The van der Waals surface area contributed by atoms with Gasteiger partial charge in [0.2, 0.25) is 5.95 Å². The topological polar surface area (TPSA) is 32.3 Å².